The zero-order valence-electron chi connectivity index (χ0n) is 32.9. The van der Waals surface area contributed by atoms with Crippen LogP contribution in [0, 0.1) is 27.7 Å². The summed E-state index contributed by atoms with van der Waals surface area (Å²) in [5.41, 5.74) is 9.71. The molecule has 2 atom stereocenters. The lowest BCUT2D eigenvalue weighted by molar-refractivity contribution is -0.135. The van der Waals surface area contributed by atoms with Gasteiger partial charge in [-0.25, -0.2) is 0 Å². The molecule has 2 aliphatic rings. The number of carbonyl (C=O) groups is 2. The molecule has 8 rings (SSSR count). The van der Waals surface area contributed by atoms with Crippen molar-refractivity contribution in [3.63, 3.8) is 0 Å². The Balaban J connectivity index is 0.000000156. The summed E-state index contributed by atoms with van der Waals surface area (Å²) in [7, 11) is 2.30. The van der Waals surface area contributed by atoms with Gasteiger partial charge in [0, 0.05) is 29.6 Å². The van der Waals surface area contributed by atoms with Crippen LogP contribution in [0.15, 0.2) is 111 Å². The molecule has 0 fully saturated rings. The molecule has 10 nitrogen and oxygen atoms in total. The zero-order valence-corrected chi connectivity index (χ0v) is 34.5. The molecule has 0 spiro atoms. The van der Waals surface area contributed by atoms with Gasteiger partial charge in [0.1, 0.15) is 11.5 Å². The molecule has 12 heteroatoms. The van der Waals surface area contributed by atoms with E-state index in [4.69, 9.17) is 14.6 Å². The molecule has 2 aliphatic heterocycles. The Morgan fingerprint density at radius 3 is 1.55 bits per heavy atom. The first-order valence-electron chi connectivity index (χ1n) is 18.4. The van der Waals surface area contributed by atoms with E-state index in [-0.39, 0.29) is 11.8 Å². The summed E-state index contributed by atoms with van der Waals surface area (Å²) in [4.78, 5) is 28.7. The highest BCUT2D eigenvalue weighted by atomic mass is 79.9. The van der Waals surface area contributed by atoms with E-state index in [0.29, 0.717) is 29.8 Å². The molecule has 0 bridgehead atoms. The molecule has 288 valence electrons. The Bertz CT molecular complexity index is 2340. The molecule has 56 heavy (non-hydrogen) atoms. The standard InChI is InChI=1S/C22H22N2O2.C17H16BrNO.C5H8BNO3/c1-14-21(15(2)26-23-14)17-11-10-16-13-20(25)24(4)22(3,19(16)12-17)18-8-6-5-7-9-18;1-17(13-6-4-3-5-7-13)15-11-14(18)9-8-12(15)10-16(20)19(17)2;1-3-5(6(8)9)4(2)10-7-3/h5-12H,13H2,1-4H3;3-9,11H,10H2,1-2H3;8-9H,1-2H3. The van der Waals surface area contributed by atoms with Crippen molar-refractivity contribution < 1.29 is 28.7 Å². The van der Waals surface area contributed by atoms with E-state index in [2.05, 4.69) is 93.1 Å². The summed E-state index contributed by atoms with van der Waals surface area (Å²) in [6.07, 6.45) is 0.900. The van der Waals surface area contributed by atoms with E-state index < -0.39 is 18.2 Å². The first kappa shape index (κ1) is 40.4. The van der Waals surface area contributed by atoms with Crippen LogP contribution in [0.5, 0.6) is 0 Å². The van der Waals surface area contributed by atoms with Gasteiger partial charge in [0.15, 0.2) is 0 Å². The van der Waals surface area contributed by atoms with Gasteiger partial charge >= 0.3 is 7.12 Å². The lowest BCUT2D eigenvalue weighted by atomic mass is 9.76. The second-order valence-electron chi connectivity index (χ2n) is 14.6. The normalized spacial score (nSPS) is 18.6. The molecule has 0 saturated carbocycles. The summed E-state index contributed by atoms with van der Waals surface area (Å²) in [5.74, 6) is 1.55. The van der Waals surface area contributed by atoms with Crippen LogP contribution in [-0.4, -0.2) is 63.2 Å². The van der Waals surface area contributed by atoms with Crippen LogP contribution >= 0.6 is 15.9 Å². The molecule has 2 unspecified atom stereocenters. The second kappa shape index (κ2) is 16.1. The third kappa shape index (κ3) is 7.36. The van der Waals surface area contributed by atoms with Crippen molar-refractivity contribution in [2.45, 2.75) is 65.5 Å². The second-order valence-corrected chi connectivity index (χ2v) is 15.5. The number of aryl methyl sites for hydroxylation is 4. The summed E-state index contributed by atoms with van der Waals surface area (Å²) < 4.78 is 11.1. The quantitative estimate of drug-likeness (QED) is 0.183. The van der Waals surface area contributed by atoms with Crippen LogP contribution in [-0.2, 0) is 33.5 Å². The maximum absolute atomic E-state index is 12.7. The van der Waals surface area contributed by atoms with E-state index in [1.54, 1.807) is 13.8 Å². The van der Waals surface area contributed by atoms with Gasteiger partial charge in [-0.1, -0.05) is 105 Å². The number of hydrogen-bond donors (Lipinski definition) is 2. The van der Waals surface area contributed by atoms with E-state index in [1.165, 1.54) is 5.56 Å². The van der Waals surface area contributed by atoms with Crippen molar-refractivity contribution in [2.24, 2.45) is 0 Å². The number of aromatic nitrogens is 2. The van der Waals surface area contributed by atoms with Crippen LogP contribution in [0.2, 0.25) is 0 Å². The lowest BCUT2D eigenvalue weighted by Gasteiger charge is -2.44. The van der Waals surface area contributed by atoms with Gasteiger partial charge in [0.05, 0.1) is 35.3 Å². The van der Waals surface area contributed by atoms with Gasteiger partial charge in [-0.05, 0) is 98.7 Å². The van der Waals surface area contributed by atoms with E-state index in [1.807, 2.05) is 86.3 Å². The predicted molar refractivity (Wildman–Crippen MR) is 220 cm³/mol. The minimum Gasteiger partial charge on any atom is -0.423 e. The smallest absolute Gasteiger partial charge is 0.423 e. The molecule has 0 aliphatic carbocycles. The molecule has 4 heterocycles. The summed E-state index contributed by atoms with van der Waals surface area (Å²) in [6.45, 7) is 11.4. The Labute approximate surface area is 336 Å². The Morgan fingerprint density at radius 1 is 0.661 bits per heavy atom. The van der Waals surface area contributed by atoms with Gasteiger partial charge in [-0.3, -0.25) is 9.59 Å². The van der Waals surface area contributed by atoms with Crippen LogP contribution in [0.25, 0.3) is 11.1 Å². The number of benzene rings is 4. The average Bonchev–Trinajstić information content (AvgIpc) is 3.72. The number of amides is 2. The molecule has 0 radical (unpaired) electrons. The third-order valence-corrected chi connectivity index (χ3v) is 11.8. The van der Waals surface area contributed by atoms with E-state index >= 15 is 0 Å². The van der Waals surface area contributed by atoms with Crippen molar-refractivity contribution in [1.82, 2.24) is 20.1 Å². The molecular formula is C44H46BBrN4O6. The van der Waals surface area contributed by atoms with Crippen molar-refractivity contribution in [3.8, 4) is 11.1 Å². The van der Waals surface area contributed by atoms with E-state index in [0.717, 1.165) is 54.9 Å². The predicted octanol–water partition coefficient (Wildman–Crippen LogP) is 6.93. The Hall–Kier alpha value is -5.30. The van der Waals surface area contributed by atoms with Gasteiger partial charge in [-0.15, -0.1) is 0 Å². The fraction of sp³-hybridized carbons (Fsp3) is 0.273. The molecule has 4 aromatic carbocycles. The highest BCUT2D eigenvalue weighted by Crippen LogP contribution is 2.43. The fourth-order valence-corrected chi connectivity index (χ4v) is 8.26. The first-order valence-corrected chi connectivity index (χ1v) is 19.2. The molecule has 2 aromatic heterocycles. The Kier molecular flexibility index (Phi) is 11.6. The maximum Gasteiger partial charge on any atom is 0.494 e. The SMILES string of the molecule is CN1C(=O)Cc2ccc(Br)cc2C1(C)c1ccccc1.Cc1noc(C)c1-c1ccc2c(c1)C(C)(c1ccccc1)N(C)C(=O)C2.Cc1noc(C)c1B(O)O. The van der Waals surface area contributed by atoms with Gasteiger partial charge in [0.2, 0.25) is 11.8 Å². The number of likely N-dealkylation sites (N-methyl/N-ethyl adjacent to an activating group) is 2. The van der Waals surface area contributed by atoms with Crippen molar-refractivity contribution in [3.05, 3.63) is 158 Å². The maximum atomic E-state index is 12.7. The monoisotopic (exact) mass is 816 g/mol. The van der Waals surface area contributed by atoms with E-state index in [9.17, 15) is 9.59 Å². The molecule has 0 saturated heterocycles. The largest absolute Gasteiger partial charge is 0.494 e. The van der Waals surface area contributed by atoms with Crippen LogP contribution in [0.4, 0.5) is 0 Å². The minimum atomic E-state index is -1.48. The summed E-state index contributed by atoms with van der Waals surface area (Å²) >= 11 is 3.55. The number of fused-ring (bicyclic) bond motifs is 2. The number of carbonyl (C=O) groups excluding carboxylic acids is 2. The van der Waals surface area contributed by atoms with Gasteiger partial charge in [0.25, 0.3) is 0 Å². The fourth-order valence-electron chi connectivity index (χ4n) is 7.90. The third-order valence-electron chi connectivity index (χ3n) is 11.3. The van der Waals surface area contributed by atoms with Crippen molar-refractivity contribution >= 4 is 40.3 Å². The molecular weight excluding hydrogens is 771 g/mol. The molecule has 2 amide bonds. The molecule has 2 N–H and O–H groups in total. The van der Waals surface area contributed by atoms with Crippen molar-refractivity contribution in [1.29, 1.82) is 0 Å². The topological polar surface area (TPSA) is 133 Å². The number of halogens is 1. The first-order chi connectivity index (χ1) is 26.6. The number of nitrogens with zero attached hydrogens (tertiary/aromatic N) is 4. The van der Waals surface area contributed by atoms with Gasteiger partial charge in [-0.2, -0.15) is 0 Å². The Morgan fingerprint density at radius 2 is 1.12 bits per heavy atom. The summed E-state index contributed by atoms with van der Waals surface area (Å²) in [5, 5.41) is 25.1. The number of hydrogen-bond acceptors (Lipinski definition) is 8. The summed E-state index contributed by atoms with van der Waals surface area (Å²) in [6, 6.07) is 32.9. The zero-order chi connectivity index (χ0) is 40.5. The minimum absolute atomic E-state index is 0.133. The highest BCUT2D eigenvalue weighted by Gasteiger charge is 2.43. The number of rotatable bonds is 4. The van der Waals surface area contributed by atoms with Gasteiger partial charge < -0.3 is 28.9 Å². The van der Waals surface area contributed by atoms with Crippen LogP contribution < -0.4 is 5.46 Å². The van der Waals surface area contributed by atoms with Crippen molar-refractivity contribution in [2.75, 3.05) is 14.1 Å². The molecule has 6 aromatic rings. The lowest BCUT2D eigenvalue weighted by Crippen LogP contribution is -2.50. The van der Waals surface area contributed by atoms with Crippen LogP contribution in [0.3, 0.4) is 0 Å². The van der Waals surface area contributed by atoms with Crippen LogP contribution in [0.1, 0.15) is 70.1 Å². The average molecular weight is 818 g/mol. The highest BCUT2D eigenvalue weighted by molar-refractivity contribution is 9.10.